The summed E-state index contributed by atoms with van der Waals surface area (Å²) in [7, 11) is 0. The molecule has 0 bridgehead atoms. The van der Waals surface area contributed by atoms with Crippen LogP contribution in [0.1, 0.15) is 57.6 Å². The number of fused-ring (bicyclic) bond motifs is 1. The summed E-state index contributed by atoms with van der Waals surface area (Å²) in [5, 5.41) is 0.326. The van der Waals surface area contributed by atoms with Gasteiger partial charge in [-0.15, -0.1) is 0 Å². The SMILES string of the molecule is CCCCc1cc2ccc(OCCCCCCC(F)(F)F)c(F)c2c(=O)o1. The Hall–Kier alpha value is -2.05. The molecule has 0 aliphatic carbocycles. The van der Waals surface area contributed by atoms with E-state index >= 15 is 0 Å². The number of hydrogen-bond acceptors (Lipinski definition) is 3. The second-order valence-electron chi connectivity index (χ2n) is 6.57. The molecule has 0 fully saturated rings. The predicted molar refractivity (Wildman–Crippen MR) is 95.7 cm³/mol. The van der Waals surface area contributed by atoms with Gasteiger partial charge in [0.2, 0.25) is 0 Å². The van der Waals surface area contributed by atoms with Crippen LogP contribution in [0.25, 0.3) is 10.8 Å². The Morgan fingerprint density at radius 2 is 1.81 bits per heavy atom. The second-order valence-corrected chi connectivity index (χ2v) is 6.57. The standard InChI is InChI=1S/C20H24F4O3/c1-2-3-8-15-13-14-9-10-16(18(21)17(14)19(25)27-15)26-12-7-5-4-6-11-20(22,23)24/h9-10,13H,2-8,11-12H2,1H3. The van der Waals surface area contributed by atoms with E-state index in [-0.39, 0.29) is 24.2 Å². The quantitative estimate of drug-likeness (QED) is 0.361. The molecule has 2 rings (SSSR count). The summed E-state index contributed by atoms with van der Waals surface area (Å²) in [6.07, 6.45) is -0.863. The Kier molecular flexibility index (Phi) is 7.68. The highest BCUT2D eigenvalue weighted by Crippen LogP contribution is 2.26. The number of ether oxygens (including phenoxy) is 1. The van der Waals surface area contributed by atoms with Crippen LogP contribution in [0, 0.1) is 5.82 Å². The zero-order chi connectivity index (χ0) is 19.9. The van der Waals surface area contributed by atoms with Gasteiger partial charge in [0.05, 0.1) is 6.61 Å². The van der Waals surface area contributed by atoms with Crippen LogP contribution in [0.15, 0.2) is 27.4 Å². The van der Waals surface area contributed by atoms with Crippen LogP contribution in [0.3, 0.4) is 0 Å². The maximum atomic E-state index is 14.6. The molecular formula is C20H24F4O3. The molecule has 0 spiro atoms. The summed E-state index contributed by atoms with van der Waals surface area (Å²) < 4.78 is 61.2. The third kappa shape index (κ3) is 6.56. The molecule has 1 aromatic heterocycles. The first kappa shape index (κ1) is 21.3. The largest absolute Gasteiger partial charge is 0.490 e. The molecule has 0 radical (unpaired) electrons. The van der Waals surface area contributed by atoms with Gasteiger partial charge in [0.25, 0.3) is 0 Å². The van der Waals surface area contributed by atoms with Crippen LogP contribution in [0.5, 0.6) is 5.75 Å². The van der Waals surface area contributed by atoms with Crippen LogP contribution in [-0.2, 0) is 6.42 Å². The number of aryl methyl sites for hydroxylation is 1. The van der Waals surface area contributed by atoms with E-state index < -0.39 is 24.0 Å². The average Bonchev–Trinajstić information content (AvgIpc) is 2.59. The van der Waals surface area contributed by atoms with Crippen LogP contribution >= 0.6 is 0 Å². The van der Waals surface area contributed by atoms with Crippen molar-refractivity contribution in [3.63, 3.8) is 0 Å². The molecule has 0 aliphatic rings. The summed E-state index contributed by atoms with van der Waals surface area (Å²) in [4.78, 5) is 12.1. The Morgan fingerprint density at radius 3 is 2.52 bits per heavy atom. The van der Waals surface area contributed by atoms with E-state index in [9.17, 15) is 22.4 Å². The molecule has 1 aromatic carbocycles. The molecule has 1 heterocycles. The first-order valence-corrected chi connectivity index (χ1v) is 9.26. The van der Waals surface area contributed by atoms with Gasteiger partial charge in [-0.25, -0.2) is 9.18 Å². The molecule has 3 nitrogen and oxygen atoms in total. The van der Waals surface area contributed by atoms with Crippen LogP contribution < -0.4 is 10.4 Å². The number of hydrogen-bond donors (Lipinski definition) is 0. The van der Waals surface area contributed by atoms with Crippen molar-refractivity contribution in [1.82, 2.24) is 0 Å². The Bertz CT molecular complexity index is 796. The zero-order valence-corrected chi connectivity index (χ0v) is 15.3. The van der Waals surface area contributed by atoms with E-state index in [1.165, 1.54) is 6.07 Å². The maximum absolute atomic E-state index is 14.6. The van der Waals surface area contributed by atoms with E-state index in [4.69, 9.17) is 9.15 Å². The van der Waals surface area contributed by atoms with Gasteiger partial charge in [-0.1, -0.05) is 32.3 Å². The van der Waals surface area contributed by atoms with Crippen LogP contribution in [0.4, 0.5) is 17.6 Å². The minimum Gasteiger partial charge on any atom is -0.490 e. The Balaban J connectivity index is 1.92. The third-order valence-electron chi connectivity index (χ3n) is 4.27. The lowest BCUT2D eigenvalue weighted by Gasteiger charge is -2.10. The Morgan fingerprint density at radius 1 is 1.07 bits per heavy atom. The lowest BCUT2D eigenvalue weighted by atomic mass is 10.1. The van der Waals surface area contributed by atoms with E-state index in [1.54, 1.807) is 12.1 Å². The lowest BCUT2D eigenvalue weighted by Crippen LogP contribution is -2.07. The van der Waals surface area contributed by atoms with Gasteiger partial charge in [-0.05, 0) is 36.8 Å². The van der Waals surface area contributed by atoms with Crippen molar-refractivity contribution in [2.24, 2.45) is 0 Å². The van der Waals surface area contributed by atoms with Crippen molar-refractivity contribution in [3.05, 3.63) is 40.2 Å². The van der Waals surface area contributed by atoms with E-state index in [1.807, 2.05) is 6.92 Å². The van der Waals surface area contributed by atoms with Crippen molar-refractivity contribution < 1.29 is 26.7 Å². The van der Waals surface area contributed by atoms with Gasteiger partial charge in [-0.3, -0.25) is 0 Å². The van der Waals surface area contributed by atoms with Gasteiger partial charge >= 0.3 is 11.8 Å². The number of benzene rings is 1. The highest BCUT2D eigenvalue weighted by molar-refractivity contribution is 5.83. The van der Waals surface area contributed by atoms with E-state index in [0.717, 1.165) is 12.8 Å². The fourth-order valence-corrected chi connectivity index (χ4v) is 2.82. The minimum absolute atomic E-state index is 0.0496. The second kappa shape index (κ2) is 9.76. The summed E-state index contributed by atoms with van der Waals surface area (Å²) >= 11 is 0. The molecule has 0 atom stereocenters. The topological polar surface area (TPSA) is 39.4 Å². The normalized spacial score (nSPS) is 11.9. The summed E-state index contributed by atoms with van der Waals surface area (Å²) in [5.41, 5.74) is -0.728. The van der Waals surface area contributed by atoms with Gasteiger partial charge in [0.15, 0.2) is 11.6 Å². The molecule has 0 unspecified atom stereocenters. The molecule has 7 heteroatoms. The molecule has 0 aliphatic heterocycles. The molecule has 2 aromatic rings. The molecular weight excluding hydrogens is 364 g/mol. The molecule has 0 amide bonds. The fourth-order valence-electron chi connectivity index (χ4n) is 2.82. The van der Waals surface area contributed by atoms with Gasteiger partial charge in [0, 0.05) is 12.8 Å². The first-order chi connectivity index (χ1) is 12.8. The van der Waals surface area contributed by atoms with Crippen molar-refractivity contribution >= 4 is 10.8 Å². The Labute approximate surface area is 155 Å². The minimum atomic E-state index is -4.12. The van der Waals surface area contributed by atoms with Gasteiger partial charge in [-0.2, -0.15) is 13.2 Å². The van der Waals surface area contributed by atoms with Crippen molar-refractivity contribution in [1.29, 1.82) is 0 Å². The van der Waals surface area contributed by atoms with Crippen LogP contribution in [0.2, 0.25) is 0 Å². The van der Waals surface area contributed by atoms with E-state index in [2.05, 4.69) is 0 Å². The van der Waals surface area contributed by atoms with Gasteiger partial charge in [0.1, 0.15) is 11.1 Å². The lowest BCUT2D eigenvalue weighted by molar-refractivity contribution is -0.135. The summed E-state index contributed by atoms with van der Waals surface area (Å²) in [6.45, 7) is 2.20. The molecule has 0 saturated heterocycles. The average molecular weight is 388 g/mol. The first-order valence-electron chi connectivity index (χ1n) is 9.26. The molecule has 150 valence electrons. The molecule has 0 N–H and O–H groups in total. The third-order valence-corrected chi connectivity index (χ3v) is 4.27. The molecule has 0 saturated carbocycles. The highest BCUT2D eigenvalue weighted by atomic mass is 19.4. The number of rotatable bonds is 10. The van der Waals surface area contributed by atoms with E-state index in [0.29, 0.717) is 36.8 Å². The molecule has 27 heavy (non-hydrogen) atoms. The fraction of sp³-hybridized carbons (Fsp3) is 0.550. The van der Waals surface area contributed by atoms with Crippen LogP contribution in [-0.4, -0.2) is 12.8 Å². The van der Waals surface area contributed by atoms with Crippen molar-refractivity contribution in [2.45, 2.75) is 64.5 Å². The number of unbranched alkanes of at least 4 members (excludes halogenated alkanes) is 4. The highest BCUT2D eigenvalue weighted by Gasteiger charge is 2.25. The van der Waals surface area contributed by atoms with Crippen molar-refractivity contribution in [3.8, 4) is 5.75 Å². The van der Waals surface area contributed by atoms with Gasteiger partial charge < -0.3 is 9.15 Å². The summed E-state index contributed by atoms with van der Waals surface area (Å²) in [5.74, 6) is -0.284. The van der Waals surface area contributed by atoms with Crippen molar-refractivity contribution in [2.75, 3.05) is 6.61 Å². The predicted octanol–water partition coefficient (Wildman–Crippen LogP) is 6.17. The number of alkyl halides is 3. The number of halogens is 4. The maximum Gasteiger partial charge on any atom is 0.389 e. The zero-order valence-electron chi connectivity index (χ0n) is 15.3. The summed E-state index contributed by atoms with van der Waals surface area (Å²) in [6, 6.07) is 4.74. The monoisotopic (exact) mass is 388 g/mol. The smallest absolute Gasteiger partial charge is 0.389 e.